The number of alkyl halides is 2. The van der Waals surface area contributed by atoms with Gasteiger partial charge in [-0.3, -0.25) is 0 Å². The standard InChI is InChI=1S/C14H18ClF2N/c1-14(16,17)13-11(5-2-6-12(13)15)8-10-4-3-7-18-9-10/h2,5-6,10,18H,3-4,7-9H2,1H3. The first-order valence-electron chi connectivity index (χ1n) is 6.35. The summed E-state index contributed by atoms with van der Waals surface area (Å²) in [5, 5.41) is 3.48. The lowest BCUT2D eigenvalue weighted by Gasteiger charge is -2.25. The Morgan fingerprint density at radius 2 is 2.22 bits per heavy atom. The van der Waals surface area contributed by atoms with Crippen molar-refractivity contribution >= 4 is 11.6 Å². The first-order valence-corrected chi connectivity index (χ1v) is 6.72. The van der Waals surface area contributed by atoms with Crippen molar-refractivity contribution in [3.63, 3.8) is 0 Å². The molecule has 18 heavy (non-hydrogen) atoms. The van der Waals surface area contributed by atoms with Gasteiger partial charge in [-0.1, -0.05) is 23.7 Å². The average molecular weight is 274 g/mol. The van der Waals surface area contributed by atoms with Crippen LogP contribution in [0.25, 0.3) is 0 Å². The molecule has 0 amide bonds. The van der Waals surface area contributed by atoms with E-state index in [0.29, 0.717) is 17.9 Å². The Kier molecular flexibility index (Phi) is 4.23. The molecule has 0 radical (unpaired) electrons. The molecule has 1 saturated heterocycles. The molecule has 1 aliphatic rings. The van der Waals surface area contributed by atoms with Crippen molar-refractivity contribution in [3.8, 4) is 0 Å². The summed E-state index contributed by atoms with van der Waals surface area (Å²) in [7, 11) is 0. The fraction of sp³-hybridized carbons (Fsp3) is 0.571. The van der Waals surface area contributed by atoms with Crippen molar-refractivity contribution in [1.82, 2.24) is 5.32 Å². The van der Waals surface area contributed by atoms with Gasteiger partial charge in [0, 0.05) is 12.5 Å². The Morgan fingerprint density at radius 3 is 2.83 bits per heavy atom. The third kappa shape index (κ3) is 3.21. The predicted molar refractivity (Wildman–Crippen MR) is 70.3 cm³/mol. The third-order valence-electron chi connectivity index (χ3n) is 3.45. The van der Waals surface area contributed by atoms with Crippen molar-refractivity contribution in [3.05, 3.63) is 34.3 Å². The van der Waals surface area contributed by atoms with E-state index in [4.69, 9.17) is 11.6 Å². The van der Waals surface area contributed by atoms with Gasteiger partial charge in [0.05, 0.1) is 5.02 Å². The highest BCUT2D eigenvalue weighted by Crippen LogP contribution is 2.36. The zero-order valence-electron chi connectivity index (χ0n) is 10.5. The molecular formula is C14H18ClF2N. The second kappa shape index (κ2) is 5.54. The minimum absolute atomic E-state index is 0.00256. The van der Waals surface area contributed by atoms with Gasteiger partial charge in [-0.05, 0) is 49.9 Å². The number of halogens is 3. The van der Waals surface area contributed by atoms with E-state index in [0.717, 1.165) is 32.9 Å². The first kappa shape index (κ1) is 13.8. The largest absolute Gasteiger partial charge is 0.316 e. The number of nitrogens with one attached hydrogen (secondary N) is 1. The fourth-order valence-electron chi connectivity index (χ4n) is 2.64. The maximum Gasteiger partial charge on any atom is 0.272 e. The molecule has 1 aromatic carbocycles. The Bertz CT molecular complexity index is 409. The Morgan fingerprint density at radius 1 is 1.44 bits per heavy atom. The zero-order valence-corrected chi connectivity index (χ0v) is 11.2. The molecule has 0 spiro atoms. The molecule has 100 valence electrons. The monoisotopic (exact) mass is 273 g/mol. The molecule has 1 N–H and O–H groups in total. The first-order chi connectivity index (χ1) is 8.48. The molecule has 2 rings (SSSR count). The van der Waals surface area contributed by atoms with Gasteiger partial charge in [0.25, 0.3) is 5.92 Å². The van der Waals surface area contributed by atoms with E-state index < -0.39 is 5.92 Å². The summed E-state index contributed by atoms with van der Waals surface area (Å²) in [6.45, 7) is 2.85. The maximum atomic E-state index is 13.6. The molecule has 0 bridgehead atoms. The van der Waals surface area contributed by atoms with Crippen LogP contribution in [0.2, 0.25) is 5.02 Å². The van der Waals surface area contributed by atoms with E-state index >= 15 is 0 Å². The summed E-state index contributed by atoms with van der Waals surface area (Å²) in [6.07, 6.45) is 2.88. The summed E-state index contributed by atoms with van der Waals surface area (Å²) in [6, 6.07) is 5.06. The fourth-order valence-corrected chi connectivity index (χ4v) is 3.00. The van der Waals surface area contributed by atoms with Crippen LogP contribution in [-0.4, -0.2) is 13.1 Å². The van der Waals surface area contributed by atoms with Gasteiger partial charge in [0.1, 0.15) is 0 Å². The van der Waals surface area contributed by atoms with E-state index in [1.165, 1.54) is 6.07 Å². The van der Waals surface area contributed by atoms with Crippen LogP contribution in [0.4, 0.5) is 8.78 Å². The molecule has 4 heteroatoms. The third-order valence-corrected chi connectivity index (χ3v) is 3.76. The number of piperidine rings is 1. The van der Waals surface area contributed by atoms with Crippen LogP contribution in [0.5, 0.6) is 0 Å². The van der Waals surface area contributed by atoms with E-state index in [2.05, 4.69) is 5.32 Å². The summed E-state index contributed by atoms with van der Waals surface area (Å²) in [5.74, 6) is -2.45. The number of hydrogen-bond acceptors (Lipinski definition) is 1. The van der Waals surface area contributed by atoms with Crippen LogP contribution >= 0.6 is 11.6 Å². The van der Waals surface area contributed by atoms with Gasteiger partial charge in [0.15, 0.2) is 0 Å². The van der Waals surface area contributed by atoms with Crippen LogP contribution < -0.4 is 5.32 Å². The Balaban J connectivity index is 2.24. The summed E-state index contributed by atoms with van der Waals surface area (Å²) < 4.78 is 27.3. The molecule has 1 atom stereocenters. The number of rotatable bonds is 3. The molecule has 1 aromatic rings. The van der Waals surface area contributed by atoms with Crippen LogP contribution in [-0.2, 0) is 12.3 Å². The Labute approximate surface area is 112 Å². The molecule has 0 aromatic heterocycles. The predicted octanol–water partition coefficient (Wildman–Crippen LogP) is 3.99. The maximum absolute atomic E-state index is 13.6. The average Bonchev–Trinajstić information content (AvgIpc) is 2.28. The van der Waals surface area contributed by atoms with Crippen molar-refractivity contribution < 1.29 is 8.78 Å². The highest BCUT2D eigenvalue weighted by Gasteiger charge is 2.31. The van der Waals surface area contributed by atoms with Crippen molar-refractivity contribution in [2.75, 3.05) is 13.1 Å². The molecule has 1 nitrogen and oxygen atoms in total. The van der Waals surface area contributed by atoms with E-state index in [-0.39, 0.29) is 10.6 Å². The van der Waals surface area contributed by atoms with Crippen LogP contribution in [0.15, 0.2) is 18.2 Å². The van der Waals surface area contributed by atoms with Crippen molar-refractivity contribution in [1.29, 1.82) is 0 Å². The SMILES string of the molecule is CC(F)(F)c1c(Cl)cccc1CC1CCCNC1. The lowest BCUT2D eigenvalue weighted by molar-refractivity contribution is 0.0164. The van der Waals surface area contributed by atoms with Gasteiger partial charge in [-0.25, -0.2) is 8.78 Å². The molecule has 0 aliphatic carbocycles. The zero-order chi connectivity index (χ0) is 13.2. The van der Waals surface area contributed by atoms with Gasteiger partial charge in [-0.2, -0.15) is 0 Å². The number of benzene rings is 1. The molecule has 0 saturated carbocycles. The van der Waals surface area contributed by atoms with Gasteiger partial charge in [-0.15, -0.1) is 0 Å². The van der Waals surface area contributed by atoms with Crippen LogP contribution in [0.3, 0.4) is 0 Å². The van der Waals surface area contributed by atoms with Crippen LogP contribution in [0.1, 0.15) is 30.9 Å². The minimum Gasteiger partial charge on any atom is -0.316 e. The van der Waals surface area contributed by atoms with Gasteiger partial charge in [0.2, 0.25) is 0 Å². The second-order valence-corrected chi connectivity index (χ2v) is 5.49. The van der Waals surface area contributed by atoms with Crippen molar-refractivity contribution in [2.24, 2.45) is 5.92 Å². The van der Waals surface area contributed by atoms with Gasteiger partial charge >= 0.3 is 0 Å². The minimum atomic E-state index is -2.88. The van der Waals surface area contributed by atoms with Gasteiger partial charge < -0.3 is 5.32 Å². The molecule has 1 fully saturated rings. The summed E-state index contributed by atoms with van der Waals surface area (Å²) in [5.41, 5.74) is 0.681. The van der Waals surface area contributed by atoms with Crippen molar-refractivity contribution in [2.45, 2.75) is 32.1 Å². The lowest BCUT2D eigenvalue weighted by Crippen LogP contribution is -2.31. The van der Waals surface area contributed by atoms with E-state index in [1.807, 2.05) is 0 Å². The topological polar surface area (TPSA) is 12.0 Å². The quantitative estimate of drug-likeness (QED) is 0.878. The molecule has 1 heterocycles. The molecule has 1 unspecified atom stereocenters. The number of hydrogen-bond donors (Lipinski definition) is 1. The lowest BCUT2D eigenvalue weighted by atomic mass is 9.89. The normalized spacial score (nSPS) is 21.0. The molecular weight excluding hydrogens is 256 g/mol. The van der Waals surface area contributed by atoms with Crippen LogP contribution in [0, 0.1) is 5.92 Å². The highest BCUT2D eigenvalue weighted by atomic mass is 35.5. The van der Waals surface area contributed by atoms with E-state index in [1.54, 1.807) is 12.1 Å². The smallest absolute Gasteiger partial charge is 0.272 e. The summed E-state index contributed by atoms with van der Waals surface area (Å²) >= 11 is 5.94. The van der Waals surface area contributed by atoms with E-state index in [9.17, 15) is 8.78 Å². The second-order valence-electron chi connectivity index (χ2n) is 5.08. The Hall–Kier alpha value is -0.670. The highest BCUT2D eigenvalue weighted by molar-refractivity contribution is 6.31. The molecule has 1 aliphatic heterocycles. The summed E-state index contributed by atoms with van der Waals surface area (Å²) in [4.78, 5) is 0.